The lowest BCUT2D eigenvalue weighted by Gasteiger charge is -2.11. The zero-order chi connectivity index (χ0) is 28.8. The molecule has 5 aromatic rings. The molecule has 8 nitrogen and oxygen atoms in total. The van der Waals surface area contributed by atoms with Gasteiger partial charge in [-0.05, 0) is 55.0 Å². The molecule has 2 N–H and O–H groups in total. The van der Waals surface area contributed by atoms with Crippen LogP contribution in [0.25, 0.3) is 22.0 Å². The van der Waals surface area contributed by atoms with Crippen LogP contribution in [0.1, 0.15) is 33.3 Å². The lowest BCUT2D eigenvalue weighted by Crippen LogP contribution is -2.19. The Balaban J connectivity index is 1.40. The average Bonchev–Trinajstić information content (AvgIpc) is 3.39. The van der Waals surface area contributed by atoms with Crippen molar-refractivity contribution < 1.29 is 23.8 Å². The first-order chi connectivity index (χ1) is 20.0. The zero-order valence-electron chi connectivity index (χ0n) is 22.3. The number of halogens is 1. The number of rotatable bonds is 9. The van der Waals surface area contributed by atoms with E-state index in [0.717, 1.165) is 5.39 Å². The van der Waals surface area contributed by atoms with Crippen LogP contribution in [0.3, 0.4) is 0 Å². The third-order valence-corrected chi connectivity index (χ3v) is 6.57. The molecule has 0 unspecified atom stereocenters. The van der Waals surface area contributed by atoms with E-state index in [1.165, 1.54) is 6.21 Å². The van der Waals surface area contributed by atoms with Crippen LogP contribution in [-0.4, -0.2) is 36.8 Å². The molecule has 0 saturated carbocycles. The van der Waals surface area contributed by atoms with Gasteiger partial charge in [-0.15, -0.1) is 0 Å². The van der Waals surface area contributed by atoms with Crippen molar-refractivity contribution in [2.45, 2.75) is 6.92 Å². The second-order valence-corrected chi connectivity index (χ2v) is 9.24. The van der Waals surface area contributed by atoms with Crippen molar-refractivity contribution >= 4 is 40.6 Å². The van der Waals surface area contributed by atoms with E-state index < -0.39 is 11.9 Å². The number of amides is 1. The van der Waals surface area contributed by atoms with Gasteiger partial charge in [-0.1, -0.05) is 60.1 Å². The van der Waals surface area contributed by atoms with Gasteiger partial charge >= 0.3 is 5.97 Å². The Bertz CT molecular complexity index is 1750. The van der Waals surface area contributed by atoms with Gasteiger partial charge in [-0.25, -0.2) is 10.2 Å². The van der Waals surface area contributed by atoms with Gasteiger partial charge in [0.25, 0.3) is 5.91 Å². The highest BCUT2D eigenvalue weighted by molar-refractivity contribution is 6.34. The molecule has 0 aliphatic rings. The molecule has 5 rings (SSSR count). The van der Waals surface area contributed by atoms with Crippen LogP contribution in [0, 0.1) is 0 Å². The number of fused-ring (bicyclic) bond motifs is 1. The maximum Gasteiger partial charge on any atom is 0.343 e. The number of nitrogens with zero attached hydrogens (tertiary/aromatic N) is 1. The normalized spacial score (nSPS) is 11.0. The molecule has 0 aliphatic carbocycles. The fourth-order valence-corrected chi connectivity index (χ4v) is 4.62. The molecule has 0 aliphatic heterocycles. The maximum absolute atomic E-state index is 13.4. The van der Waals surface area contributed by atoms with Crippen molar-refractivity contribution in [2.75, 3.05) is 13.7 Å². The summed E-state index contributed by atoms with van der Waals surface area (Å²) >= 11 is 6.52. The lowest BCUT2D eigenvalue weighted by atomic mass is 10.0. The minimum Gasteiger partial charge on any atom is -0.495 e. The van der Waals surface area contributed by atoms with E-state index in [4.69, 9.17) is 25.8 Å². The molecule has 0 radical (unpaired) electrons. The van der Waals surface area contributed by atoms with Gasteiger partial charge in [0.2, 0.25) is 0 Å². The van der Waals surface area contributed by atoms with Crippen molar-refractivity contribution in [1.29, 1.82) is 0 Å². The van der Waals surface area contributed by atoms with Crippen molar-refractivity contribution in [3.8, 4) is 28.4 Å². The number of aromatic nitrogens is 1. The highest BCUT2D eigenvalue weighted by atomic mass is 35.5. The largest absolute Gasteiger partial charge is 0.495 e. The van der Waals surface area contributed by atoms with Gasteiger partial charge in [0.1, 0.15) is 11.4 Å². The van der Waals surface area contributed by atoms with E-state index in [1.54, 1.807) is 55.6 Å². The molecule has 0 spiro atoms. The Hall–Kier alpha value is -5.08. The topological polar surface area (TPSA) is 102 Å². The zero-order valence-corrected chi connectivity index (χ0v) is 23.1. The predicted molar refractivity (Wildman–Crippen MR) is 159 cm³/mol. The fraction of sp³-hybridized carbons (Fsp3) is 0.0938. The van der Waals surface area contributed by atoms with Crippen LogP contribution in [-0.2, 0) is 0 Å². The van der Waals surface area contributed by atoms with E-state index in [-0.39, 0.29) is 11.4 Å². The number of hydrazone groups is 1. The van der Waals surface area contributed by atoms with Crippen LogP contribution in [0.15, 0.2) is 96.1 Å². The molecule has 1 heterocycles. The molecule has 0 fully saturated rings. The number of methoxy groups -OCH3 is 1. The number of aromatic amines is 1. The van der Waals surface area contributed by atoms with Crippen LogP contribution < -0.4 is 19.6 Å². The fourth-order valence-electron chi connectivity index (χ4n) is 4.39. The molecule has 1 amide bonds. The molecule has 1 aromatic heterocycles. The number of H-pyrrole nitrogens is 1. The van der Waals surface area contributed by atoms with Gasteiger partial charge in [0.15, 0.2) is 11.5 Å². The number of nitrogens with one attached hydrogen (secondary N) is 2. The molecular formula is C32H26ClN3O5. The van der Waals surface area contributed by atoms with Gasteiger partial charge in [0.05, 0.1) is 31.0 Å². The second kappa shape index (κ2) is 12.4. The first kappa shape index (κ1) is 27.5. The lowest BCUT2D eigenvalue weighted by molar-refractivity contribution is 0.0728. The van der Waals surface area contributed by atoms with E-state index in [1.807, 2.05) is 49.4 Å². The van der Waals surface area contributed by atoms with Crippen LogP contribution in [0.4, 0.5) is 0 Å². The summed E-state index contributed by atoms with van der Waals surface area (Å²) in [5, 5.41) is 5.45. The Morgan fingerprint density at radius 3 is 2.46 bits per heavy atom. The SMILES string of the molecule is CCOc1cc(C=NNC(=O)c2[nH]c3c(OC)cccc3c2-c2ccccc2Cl)ccc1OC(=O)c1ccccc1. The van der Waals surface area contributed by atoms with E-state index in [2.05, 4.69) is 15.5 Å². The van der Waals surface area contributed by atoms with Crippen molar-refractivity contribution in [3.63, 3.8) is 0 Å². The summed E-state index contributed by atoms with van der Waals surface area (Å²) in [5.74, 6) is 0.279. The summed E-state index contributed by atoms with van der Waals surface area (Å²) < 4.78 is 16.7. The van der Waals surface area contributed by atoms with Gasteiger partial charge < -0.3 is 19.2 Å². The highest BCUT2D eigenvalue weighted by Gasteiger charge is 2.22. The smallest absolute Gasteiger partial charge is 0.343 e. The first-order valence-electron chi connectivity index (χ1n) is 12.8. The molecule has 0 atom stereocenters. The Morgan fingerprint density at radius 1 is 0.927 bits per heavy atom. The van der Waals surface area contributed by atoms with Crippen molar-refractivity contribution in [2.24, 2.45) is 5.10 Å². The van der Waals surface area contributed by atoms with E-state index >= 15 is 0 Å². The first-order valence-corrected chi connectivity index (χ1v) is 13.2. The highest BCUT2D eigenvalue weighted by Crippen LogP contribution is 2.39. The van der Waals surface area contributed by atoms with Gasteiger partial charge in [-0.2, -0.15) is 5.10 Å². The molecule has 41 heavy (non-hydrogen) atoms. The molecule has 0 bridgehead atoms. The molecular weight excluding hydrogens is 542 g/mol. The van der Waals surface area contributed by atoms with Crippen molar-refractivity contribution in [1.82, 2.24) is 10.4 Å². The number of ether oxygens (including phenoxy) is 3. The van der Waals surface area contributed by atoms with E-state index in [0.29, 0.717) is 50.9 Å². The van der Waals surface area contributed by atoms with Crippen molar-refractivity contribution in [3.05, 3.63) is 113 Å². The molecule has 206 valence electrons. The monoisotopic (exact) mass is 567 g/mol. The number of esters is 1. The molecule has 0 saturated heterocycles. The maximum atomic E-state index is 13.4. The summed E-state index contributed by atoms with van der Waals surface area (Å²) in [7, 11) is 1.57. The quantitative estimate of drug-likeness (QED) is 0.0875. The van der Waals surface area contributed by atoms with Gasteiger partial charge in [-0.3, -0.25) is 4.79 Å². The van der Waals surface area contributed by atoms with Gasteiger partial charge in [0, 0.05) is 21.5 Å². The second-order valence-electron chi connectivity index (χ2n) is 8.83. The van der Waals surface area contributed by atoms with Crippen LogP contribution in [0.2, 0.25) is 5.02 Å². The summed E-state index contributed by atoms with van der Waals surface area (Å²) in [4.78, 5) is 29.1. The minimum absolute atomic E-state index is 0.276. The number of benzene rings is 4. The summed E-state index contributed by atoms with van der Waals surface area (Å²) in [5.41, 5.74) is 5.92. The Labute approximate surface area is 241 Å². The summed E-state index contributed by atoms with van der Waals surface area (Å²) in [6, 6.07) is 26.6. The summed E-state index contributed by atoms with van der Waals surface area (Å²) in [6.07, 6.45) is 1.47. The average molecular weight is 568 g/mol. The number of hydrogen-bond acceptors (Lipinski definition) is 6. The number of carbonyl (C=O) groups is 2. The van der Waals surface area contributed by atoms with Crippen LogP contribution >= 0.6 is 11.6 Å². The summed E-state index contributed by atoms with van der Waals surface area (Å²) in [6.45, 7) is 2.19. The van der Waals surface area contributed by atoms with E-state index in [9.17, 15) is 9.59 Å². The standard InChI is InChI=1S/C32H26ClN3O5/c1-3-40-27-18-20(16-17-25(27)41-32(38)21-10-5-4-6-11-21)19-34-36-31(37)30-28(22-12-7-8-14-24(22)33)23-13-9-15-26(39-2)29(23)35-30/h4-19,35H,3H2,1-2H3,(H,36,37). The third-order valence-electron chi connectivity index (χ3n) is 6.25. The third kappa shape index (κ3) is 5.92. The Kier molecular flexibility index (Phi) is 8.31. The number of para-hydroxylation sites is 1. The number of carbonyl (C=O) groups excluding carboxylic acids is 2. The van der Waals surface area contributed by atoms with Crippen LogP contribution in [0.5, 0.6) is 17.2 Å². The molecule has 4 aromatic carbocycles. The number of hydrogen-bond donors (Lipinski definition) is 2. The molecule has 9 heteroatoms. The minimum atomic E-state index is -0.496. The Morgan fingerprint density at radius 2 is 1.71 bits per heavy atom. The predicted octanol–water partition coefficient (Wildman–Crippen LogP) is 6.88.